The van der Waals surface area contributed by atoms with Gasteiger partial charge >= 0.3 is 5.97 Å². The Balaban J connectivity index is 1.54. The Morgan fingerprint density at radius 2 is 1.76 bits per heavy atom. The second-order valence-electron chi connectivity index (χ2n) is 7.39. The second-order valence-corrected chi connectivity index (χ2v) is 7.80. The van der Waals surface area contributed by atoms with Crippen LogP contribution in [0.1, 0.15) is 23.2 Å². The zero-order valence-corrected chi connectivity index (χ0v) is 14.3. The molecule has 0 N–H and O–H groups in total. The molecule has 5 rings (SSSR count). The summed E-state index contributed by atoms with van der Waals surface area (Å²) in [4.78, 5) is 39.2. The highest BCUT2D eigenvalue weighted by molar-refractivity contribution is 6.34. The Bertz CT molecular complexity index is 838. The van der Waals surface area contributed by atoms with Gasteiger partial charge in [0.2, 0.25) is 11.8 Å². The van der Waals surface area contributed by atoms with Gasteiger partial charge in [-0.05, 0) is 48.3 Å². The highest BCUT2D eigenvalue weighted by Crippen LogP contribution is 2.73. The van der Waals surface area contributed by atoms with Gasteiger partial charge in [-0.15, -0.1) is 0 Å². The molecule has 5 nitrogen and oxygen atoms in total. The number of anilines is 1. The van der Waals surface area contributed by atoms with Gasteiger partial charge in [-0.25, -0.2) is 9.69 Å². The zero-order valence-electron chi connectivity index (χ0n) is 13.6. The molecule has 2 bridgehead atoms. The number of esters is 1. The Morgan fingerprint density at radius 1 is 1.16 bits per heavy atom. The highest BCUT2D eigenvalue weighted by atomic mass is 35.5. The summed E-state index contributed by atoms with van der Waals surface area (Å²) in [5, 5.41) is 0.230. The molecule has 25 heavy (non-hydrogen) atoms. The molecule has 3 fully saturated rings. The smallest absolute Gasteiger partial charge is 0.339 e. The number of ether oxygens (including phenoxy) is 1. The summed E-state index contributed by atoms with van der Waals surface area (Å²) in [7, 11) is 1.26. The number of rotatable bonds is 2. The fourth-order valence-electron chi connectivity index (χ4n) is 5.25. The monoisotopic (exact) mass is 357 g/mol. The van der Waals surface area contributed by atoms with E-state index < -0.39 is 5.97 Å². The van der Waals surface area contributed by atoms with Crippen LogP contribution in [0.15, 0.2) is 30.4 Å². The molecule has 6 heteroatoms. The van der Waals surface area contributed by atoms with Gasteiger partial charge in [-0.3, -0.25) is 9.59 Å². The number of hydrogen-bond acceptors (Lipinski definition) is 4. The third kappa shape index (κ3) is 1.72. The standard InChI is InChI=1S/C19H16ClNO4/c1-25-18(24)10-8-9(2-5-13(10)20)21-16(22)14-11-3-4-12(15(14)17(21)23)19(11)6-7-19/h2-5,8,11-12,14-15H,6-7H2,1H3. The summed E-state index contributed by atoms with van der Waals surface area (Å²) >= 11 is 6.05. The Hall–Kier alpha value is -2.14. The maximum Gasteiger partial charge on any atom is 0.339 e. The molecule has 2 saturated carbocycles. The van der Waals surface area contributed by atoms with E-state index in [0.717, 1.165) is 12.8 Å². The number of fused-ring (bicyclic) bond motifs is 3. The number of imide groups is 1. The molecule has 2 amide bonds. The van der Waals surface area contributed by atoms with Crippen LogP contribution in [0.3, 0.4) is 0 Å². The Kier molecular flexibility index (Phi) is 2.86. The van der Waals surface area contributed by atoms with Crippen LogP contribution in [0.5, 0.6) is 0 Å². The number of carbonyl (C=O) groups is 3. The van der Waals surface area contributed by atoms with Crippen molar-refractivity contribution in [3.63, 3.8) is 0 Å². The molecule has 1 heterocycles. The van der Waals surface area contributed by atoms with Gasteiger partial charge in [0.1, 0.15) is 0 Å². The average molecular weight is 358 g/mol. The van der Waals surface area contributed by atoms with Crippen LogP contribution in [0, 0.1) is 29.1 Å². The van der Waals surface area contributed by atoms with Gasteiger partial charge in [0.15, 0.2) is 0 Å². The number of amides is 2. The number of nitrogens with zero attached hydrogens (tertiary/aromatic N) is 1. The fraction of sp³-hybridized carbons (Fsp3) is 0.421. The molecule has 0 radical (unpaired) electrons. The van der Waals surface area contributed by atoms with Crippen molar-refractivity contribution in [2.24, 2.45) is 29.1 Å². The average Bonchev–Trinajstić information content (AvgIpc) is 3.20. The third-order valence-corrected chi connectivity index (χ3v) is 6.80. The van der Waals surface area contributed by atoms with Crippen LogP contribution in [0.25, 0.3) is 0 Å². The van der Waals surface area contributed by atoms with E-state index >= 15 is 0 Å². The maximum absolute atomic E-state index is 13.1. The number of hydrogen-bond donors (Lipinski definition) is 0. The normalized spacial score (nSPS) is 33.3. The molecule has 4 atom stereocenters. The number of halogens is 1. The van der Waals surface area contributed by atoms with Crippen molar-refractivity contribution in [1.82, 2.24) is 0 Å². The second kappa shape index (κ2) is 4.73. The lowest BCUT2D eigenvalue weighted by Gasteiger charge is -2.22. The molecule has 1 aliphatic heterocycles. The lowest BCUT2D eigenvalue weighted by molar-refractivity contribution is -0.123. The fourth-order valence-corrected chi connectivity index (χ4v) is 5.45. The van der Waals surface area contributed by atoms with E-state index in [9.17, 15) is 14.4 Å². The number of benzene rings is 1. The van der Waals surface area contributed by atoms with Crippen LogP contribution in [-0.2, 0) is 14.3 Å². The summed E-state index contributed by atoms with van der Waals surface area (Å²) in [5.41, 5.74) is 0.710. The topological polar surface area (TPSA) is 63.7 Å². The summed E-state index contributed by atoms with van der Waals surface area (Å²) in [6.45, 7) is 0. The van der Waals surface area contributed by atoms with Gasteiger partial charge in [0.05, 0.1) is 35.2 Å². The van der Waals surface area contributed by atoms with Gasteiger partial charge in [-0.2, -0.15) is 0 Å². The van der Waals surface area contributed by atoms with Crippen LogP contribution >= 0.6 is 11.6 Å². The minimum absolute atomic E-state index is 0.152. The third-order valence-electron chi connectivity index (χ3n) is 6.47. The van der Waals surface area contributed by atoms with E-state index in [1.165, 1.54) is 24.1 Å². The first-order valence-electron chi connectivity index (χ1n) is 8.43. The molecule has 1 aromatic carbocycles. The minimum Gasteiger partial charge on any atom is -0.465 e. The van der Waals surface area contributed by atoms with Crippen molar-refractivity contribution in [1.29, 1.82) is 0 Å². The van der Waals surface area contributed by atoms with E-state index in [-0.39, 0.29) is 51.5 Å². The van der Waals surface area contributed by atoms with Crippen LogP contribution in [0.2, 0.25) is 5.02 Å². The van der Waals surface area contributed by atoms with Gasteiger partial charge in [-0.1, -0.05) is 23.8 Å². The first-order valence-corrected chi connectivity index (χ1v) is 8.81. The zero-order chi connectivity index (χ0) is 17.5. The van der Waals surface area contributed by atoms with Gasteiger partial charge < -0.3 is 4.74 Å². The maximum atomic E-state index is 13.1. The first-order chi connectivity index (χ1) is 12.0. The quantitative estimate of drug-likeness (QED) is 0.464. The summed E-state index contributed by atoms with van der Waals surface area (Å²) in [6.07, 6.45) is 6.48. The van der Waals surface area contributed by atoms with Crippen molar-refractivity contribution in [2.45, 2.75) is 12.8 Å². The SMILES string of the molecule is COC(=O)c1cc(N2C(=O)C3C(C2=O)C2C=CC3C23CC3)ccc1Cl. The molecule has 4 aliphatic rings. The van der Waals surface area contributed by atoms with Crippen LogP contribution in [-0.4, -0.2) is 24.9 Å². The van der Waals surface area contributed by atoms with Crippen molar-refractivity contribution >= 4 is 35.1 Å². The molecular formula is C19H16ClNO4. The summed E-state index contributed by atoms with van der Waals surface area (Å²) < 4.78 is 4.72. The van der Waals surface area contributed by atoms with Crippen molar-refractivity contribution in [2.75, 3.05) is 12.0 Å². The van der Waals surface area contributed by atoms with Crippen molar-refractivity contribution in [3.05, 3.63) is 40.9 Å². The molecule has 1 spiro atoms. The number of allylic oxidation sites excluding steroid dienone is 2. The molecule has 3 aliphatic carbocycles. The Morgan fingerprint density at radius 3 is 2.28 bits per heavy atom. The van der Waals surface area contributed by atoms with Gasteiger partial charge in [0, 0.05) is 0 Å². The van der Waals surface area contributed by atoms with E-state index in [1.54, 1.807) is 6.07 Å². The minimum atomic E-state index is -0.593. The predicted molar refractivity (Wildman–Crippen MR) is 90.1 cm³/mol. The number of carbonyl (C=O) groups excluding carboxylic acids is 3. The lowest BCUT2D eigenvalue weighted by Crippen LogP contribution is -2.34. The van der Waals surface area contributed by atoms with E-state index in [4.69, 9.17) is 16.3 Å². The molecule has 4 unspecified atom stereocenters. The number of methoxy groups -OCH3 is 1. The molecule has 1 saturated heterocycles. The summed E-state index contributed by atoms with van der Waals surface area (Å²) in [6, 6.07) is 4.59. The van der Waals surface area contributed by atoms with Crippen molar-refractivity contribution < 1.29 is 19.1 Å². The lowest BCUT2D eigenvalue weighted by atomic mass is 9.85. The predicted octanol–water partition coefficient (Wildman–Crippen LogP) is 2.83. The van der Waals surface area contributed by atoms with E-state index in [1.807, 2.05) is 0 Å². The van der Waals surface area contributed by atoms with Crippen LogP contribution < -0.4 is 4.90 Å². The molecule has 0 aromatic heterocycles. The van der Waals surface area contributed by atoms with Crippen LogP contribution in [0.4, 0.5) is 5.69 Å². The van der Waals surface area contributed by atoms with Crippen molar-refractivity contribution in [3.8, 4) is 0 Å². The Labute approximate surface area is 149 Å². The largest absolute Gasteiger partial charge is 0.465 e. The molecule has 1 aromatic rings. The first kappa shape index (κ1) is 15.1. The summed E-state index contributed by atoms with van der Waals surface area (Å²) in [5.74, 6) is -1.07. The molecule has 128 valence electrons. The van der Waals surface area contributed by atoms with E-state index in [0.29, 0.717) is 5.69 Å². The molecular weight excluding hydrogens is 342 g/mol. The highest BCUT2D eigenvalue weighted by Gasteiger charge is 2.73. The van der Waals surface area contributed by atoms with Gasteiger partial charge in [0.25, 0.3) is 0 Å². The van der Waals surface area contributed by atoms with E-state index in [2.05, 4.69) is 12.2 Å².